The van der Waals surface area contributed by atoms with Gasteiger partial charge < -0.3 is 19.9 Å². The Morgan fingerprint density at radius 1 is 1.06 bits per heavy atom. The molecule has 6 nitrogen and oxygen atoms in total. The molecule has 5 rings (SSSR count). The maximum absolute atomic E-state index is 13.5. The quantitative estimate of drug-likeness (QED) is 0.456. The fourth-order valence-electron chi connectivity index (χ4n) is 4.26. The van der Waals surface area contributed by atoms with Crippen LogP contribution < -0.4 is 10.1 Å². The summed E-state index contributed by atoms with van der Waals surface area (Å²) in [5, 5.41) is 12.0. The third-order valence-corrected chi connectivity index (χ3v) is 6.71. The van der Waals surface area contributed by atoms with Gasteiger partial charge in [-0.3, -0.25) is 4.79 Å². The molecule has 3 aromatic carbocycles. The number of hydrogen-bond acceptors (Lipinski definition) is 5. The molecule has 2 aliphatic heterocycles. The van der Waals surface area contributed by atoms with E-state index in [1.54, 1.807) is 0 Å². The zero-order valence-corrected chi connectivity index (χ0v) is 19.4. The summed E-state index contributed by atoms with van der Waals surface area (Å²) < 4.78 is 13.0. The van der Waals surface area contributed by atoms with Crippen molar-refractivity contribution in [2.45, 2.75) is 24.5 Å². The maximum Gasteiger partial charge on any atom is 0.257 e. The van der Waals surface area contributed by atoms with Crippen molar-refractivity contribution in [3.63, 3.8) is 0 Å². The van der Waals surface area contributed by atoms with Crippen molar-refractivity contribution in [3.8, 4) is 5.75 Å². The number of nitrogens with zero attached hydrogens (tertiary/aromatic N) is 1. The van der Waals surface area contributed by atoms with Gasteiger partial charge in [0.15, 0.2) is 11.6 Å². The van der Waals surface area contributed by atoms with Crippen LogP contribution in [0.15, 0.2) is 82.3 Å². The first-order valence-corrected chi connectivity index (χ1v) is 11.6. The molecule has 2 aliphatic rings. The van der Waals surface area contributed by atoms with Gasteiger partial charge in [0.2, 0.25) is 5.90 Å². The fraction of sp³-hybridized carbons (Fsp3) is 0.231. The third-order valence-electron chi connectivity index (χ3n) is 5.94. The van der Waals surface area contributed by atoms with Crippen molar-refractivity contribution < 1.29 is 19.4 Å². The van der Waals surface area contributed by atoms with E-state index in [1.807, 2.05) is 72.8 Å². The van der Waals surface area contributed by atoms with E-state index in [0.29, 0.717) is 31.1 Å². The molecule has 0 bridgehead atoms. The second-order valence-electron chi connectivity index (χ2n) is 8.10. The van der Waals surface area contributed by atoms with Crippen LogP contribution in [0.1, 0.15) is 29.2 Å². The van der Waals surface area contributed by atoms with E-state index in [9.17, 15) is 4.79 Å². The molecule has 0 fully saturated rings. The Morgan fingerprint density at radius 2 is 1.82 bits per heavy atom. The molecular formula is C26H23BrN2O4. The number of benzene rings is 3. The van der Waals surface area contributed by atoms with Gasteiger partial charge in [-0.15, -0.1) is 0 Å². The van der Waals surface area contributed by atoms with Gasteiger partial charge in [0.05, 0.1) is 6.61 Å². The maximum atomic E-state index is 13.5. The second-order valence-corrected chi connectivity index (χ2v) is 8.95. The van der Waals surface area contributed by atoms with Gasteiger partial charge in [0.25, 0.3) is 5.91 Å². The highest BCUT2D eigenvalue weighted by atomic mass is 79.9. The zero-order valence-electron chi connectivity index (χ0n) is 17.8. The fourth-order valence-corrected chi connectivity index (χ4v) is 4.69. The minimum absolute atomic E-state index is 0.0905. The summed E-state index contributed by atoms with van der Waals surface area (Å²) >= 11 is 3.61. The Balaban J connectivity index is 1.53. The van der Waals surface area contributed by atoms with Gasteiger partial charge in [0.1, 0.15) is 5.75 Å². The lowest BCUT2D eigenvalue weighted by atomic mass is 9.79. The lowest BCUT2D eigenvalue weighted by Gasteiger charge is -2.36. The van der Waals surface area contributed by atoms with Crippen molar-refractivity contribution in [3.05, 3.63) is 94.0 Å². The lowest BCUT2D eigenvalue weighted by Crippen LogP contribution is -2.49. The summed E-state index contributed by atoms with van der Waals surface area (Å²) in [5.74, 6) is 0.955. The number of aliphatic hydroxyl groups excluding tert-OH is 1. The molecule has 0 aromatic heterocycles. The first kappa shape index (κ1) is 21.7. The van der Waals surface area contributed by atoms with Crippen molar-refractivity contribution in [1.82, 2.24) is 0 Å². The Bertz CT molecular complexity index is 1210. The number of amides is 1. The lowest BCUT2D eigenvalue weighted by molar-refractivity contribution is -0.124. The van der Waals surface area contributed by atoms with E-state index in [1.165, 1.54) is 0 Å². The first-order valence-electron chi connectivity index (χ1n) is 10.8. The zero-order chi connectivity index (χ0) is 22.8. The normalized spacial score (nSPS) is 20.8. The number of fused-ring (bicyclic) bond motifs is 3. The van der Waals surface area contributed by atoms with Crippen LogP contribution in [0, 0.1) is 0 Å². The standard InChI is InChI=1S/C26H23BrN2O4/c27-21-8-3-1-6-18(21)16-26-23(20-7-2-4-9-22(20)28-25(26)31)33-24(29-26)17-10-12-19(13-11-17)32-15-5-14-30/h1-4,6-13,23,30H,5,14-16H2,(H,28,31)/t23-,26-/m0/s1. The monoisotopic (exact) mass is 506 g/mol. The van der Waals surface area contributed by atoms with Gasteiger partial charge in [-0.25, -0.2) is 4.99 Å². The van der Waals surface area contributed by atoms with Crippen molar-refractivity contribution >= 4 is 33.4 Å². The number of halogens is 1. The third kappa shape index (κ3) is 4.03. The molecule has 33 heavy (non-hydrogen) atoms. The topological polar surface area (TPSA) is 80.2 Å². The predicted molar refractivity (Wildman–Crippen MR) is 130 cm³/mol. The molecule has 0 saturated heterocycles. The van der Waals surface area contributed by atoms with Gasteiger partial charge in [0, 0.05) is 40.7 Å². The number of para-hydroxylation sites is 1. The smallest absolute Gasteiger partial charge is 0.257 e. The predicted octanol–water partition coefficient (Wildman–Crippen LogP) is 4.66. The average molecular weight is 507 g/mol. The highest BCUT2D eigenvalue weighted by Crippen LogP contribution is 2.48. The number of nitrogens with one attached hydrogen (secondary N) is 1. The SMILES string of the molecule is O=C1Nc2ccccc2[C@@H]2OC(c3ccc(OCCCO)cc3)=N[C@]12Cc1ccccc1Br. The van der Waals surface area contributed by atoms with Crippen LogP contribution in [0.5, 0.6) is 5.75 Å². The van der Waals surface area contributed by atoms with Crippen LogP contribution in [0.4, 0.5) is 5.69 Å². The van der Waals surface area contributed by atoms with Crippen LogP contribution in [0.2, 0.25) is 0 Å². The Hall–Kier alpha value is -3.16. The highest BCUT2D eigenvalue weighted by molar-refractivity contribution is 9.10. The van der Waals surface area contributed by atoms with Crippen molar-refractivity contribution in [2.24, 2.45) is 4.99 Å². The summed E-state index contributed by atoms with van der Waals surface area (Å²) in [5.41, 5.74) is 2.30. The molecular weight excluding hydrogens is 484 g/mol. The highest BCUT2D eigenvalue weighted by Gasteiger charge is 2.56. The molecule has 0 aliphatic carbocycles. The van der Waals surface area contributed by atoms with Crippen LogP contribution in [-0.4, -0.2) is 35.7 Å². The summed E-state index contributed by atoms with van der Waals surface area (Å²) in [7, 11) is 0. The molecule has 3 aromatic rings. The minimum Gasteiger partial charge on any atom is -0.494 e. The molecule has 1 amide bonds. The molecule has 7 heteroatoms. The van der Waals surface area contributed by atoms with Crippen molar-refractivity contribution in [2.75, 3.05) is 18.5 Å². The van der Waals surface area contributed by atoms with Gasteiger partial charge in [-0.1, -0.05) is 52.3 Å². The number of aliphatic imine (C=N–C) groups is 1. The molecule has 0 unspecified atom stereocenters. The molecule has 0 saturated carbocycles. The van der Waals surface area contributed by atoms with E-state index in [-0.39, 0.29) is 12.5 Å². The van der Waals surface area contributed by atoms with Gasteiger partial charge in [-0.2, -0.15) is 0 Å². The van der Waals surface area contributed by atoms with Crippen LogP contribution >= 0.6 is 15.9 Å². The van der Waals surface area contributed by atoms with Crippen molar-refractivity contribution in [1.29, 1.82) is 0 Å². The van der Waals surface area contributed by atoms with E-state index in [2.05, 4.69) is 21.2 Å². The van der Waals surface area contributed by atoms with E-state index in [4.69, 9.17) is 19.6 Å². The van der Waals surface area contributed by atoms with E-state index >= 15 is 0 Å². The number of ether oxygens (including phenoxy) is 2. The van der Waals surface area contributed by atoms with Gasteiger partial charge in [-0.05, 0) is 42.0 Å². The summed E-state index contributed by atoms with van der Waals surface area (Å²) in [6, 6.07) is 23.0. The van der Waals surface area contributed by atoms with Crippen LogP contribution in [-0.2, 0) is 16.0 Å². The molecule has 2 atom stereocenters. The number of rotatable bonds is 7. The van der Waals surface area contributed by atoms with Crippen LogP contribution in [0.25, 0.3) is 0 Å². The van der Waals surface area contributed by atoms with E-state index in [0.717, 1.165) is 26.9 Å². The molecule has 0 spiro atoms. The molecule has 2 N–H and O–H groups in total. The number of carbonyl (C=O) groups is 1. The number of aliphatic hydroxyl groups is 1. The summed E-state index contributed by atoms with van der Waals surface area (Å²) in [4.78, 5) is 18.4. The number of carbonyl (C=O) groups excluding carboxylic acids is 1. The Kier molecular flexibility index (Phi) is 5.91. The number of hydrogen-bond donors (Lipinski definition) is 2. The first-order chi connectivity index (χ1) is 16.1. The summed E-state index contributed by atoms with van der Waals surface area (Å²) in [6.07, 6.45) is 0.432. The number of anilines is 1. The largest absolute Gasteiger partial charge is 0.494 e. The Labute approximate surface area is 200 Å². The minimum atomic E-state index is -1.12. The summed E-state index contributed by atoms with van der Waals surface area (Å²) in [6.45, 7) is 0.536. The molecule has 168 valence electrons. The van der Waals surface area contributed by atoms with E-state index < -0.39 is 11.6 Å². The molecule has 0 radical (unpaired) electrons. The second kappa shape index (κ2) is 9.00. The van der Waals surface area contributed by atoms with Gasteiger partial charge >= 0.3 is 0 Å². The molecule has 2 heterocycles. The average Bonchev–Trinajstić information content (AvgIpc) is 3.23. The Morgan fingerprint density at radius 3 is 2.61 bits per heavy atom. The van der Waals surface area contributed by atoms with Crippen LogP contribution in [0.3, 0.4) is 0 Å².